The number of nitriles is 1. The maximum atomic E-state index is 8.99. The molecule has 118 valence electrons. The Labute approximate surface area is 131 Å². The number of rotatable bonds is 3. The van der Waals surface area contributed by atoms with E-state index in [0.29, 0.717) is 6.54 Å². The van der Waals surface area contributed by atoms with Crippen molar-refractivity contribution in [2.24, 2.45) is 11.7 Å². The molecule has 1 aliphatic carbocycles. The zero-order valence-corrected chi connectivity index (χ0v) is 13.7. The van der Waals surface area contributed by atoms with Crippen LogP contribution in [0.3, 0.4) is 0 Å². The van der Waals surface area contributed by atoms with Gasteiger partial charge in [0.1, 0.15) is 0 Å². The first-order valence-corrected chi connectivity index (χ1v) is 7.73. The van der Waals surface area contributed by atoms with Gasteiger partial charge in [0, 0.05) is 24.4 Å². The van der Waals surface area contributed by atoms with Crippen LogP contribution in [0.15, 0.2) is 12.4 Å². The molecule has 0 radical (unpaired) electrons. The zero-order chi connectivity index (χ0) is 16.2. The minimum absolute atomic E-state index is 0.0769. The quantitative estimate of drug-likeness (QED) is 0.833. The highest BCUT2D eigenvalue weighted by atomic mass is 16.7. The number of nitrogens with two attached hydrogens (primary N) is 1. The summed E-state index contributed by atoms with van der Waals surface area (Å²) in [6, 6.07) is 2.30. The van der Waals surface area contributed by atoms with Gasteiger partial charge in [-0.25, -0.2) is 0 Å². The van der Waals surface area contributed by atoms with Crippen LogP contribution in [0.5, 0.6) is 0 Å². The van der Waals surface area contributed by atoms with Gasteiger partial charge in [0.2, 0.25) is 0 Å². The minimum Gasteiger partial charge on any atom is -0.399 e. The Hall–Kier alpha value is -1.36. The lowest BCUT2D eigenvalue weighted by Gasteiger charge is -2.44. The molecule has 0 aromatic carbocycles. The fraction of sp³-hybridized carbons (Fsp3) is 0.733. The summed E-state index contributed by atoms with van der Waals surface area (Å²) in [6.45, 7) is 8.60. The molecule has 1 aromatic heterocycles. The Kier molecular flexibility index (Phi) is 3.40. The molecule has 0 unspecified atom stereocenters. The zero-order valence-electron chi connectivity index (χ0n) is 13.7. The standard InChI is InChI=1S/C15H23BN4O2/c1-13(2)14(3,4)22-16(21-13)12-8-19-20(9-12)15(10-18)5-11(6-15)7-17/h8-9,11H,5-6,10,18H2,1-4H3/t11-,15-. The number of aromatic nitrogens is 2. The molecule has 7 heteroatoms. The number of nitrogens with zero attached hydrogens (tertiary/aromatic N) is 3. The Balaban J connectivity index is 1.80. The van der Waals surface area contributed by atoms with E-state index in [2.05, 4.69) is 11.2 Å². The van der Waals surface area contributed by atoms with Gasteiger partial charge in [0.05, 0.1) is 28.7 Å². The molecule has 0 bridgehead atoms. The highest BCUT2D eigenvalue weighted by Gasteiger charge is 2.53. The van der Waals surface area contributed by atoms with Gasteiger partial charge in [0.25, 0.3) is 0 Å². The van der Waals surface area contributed by atoms with E-state index in [1.54, 1.807) is 6.20 Å². The lowest BCUT2D eigenvalue weighted by Crippen LogP contribution is -2.51. The molecule has 2 aliphatic rings. The molecule has 1 saturated carbocycles. The molecule has 0 atom stereocenters. The number of hydrogen-bond donors (Lipinski definition) is 1. The molecule has 6 nitrogen and oxygen atoms in total. The normalized spacial score (nSPS) is 32.5. The second-order valence-electron chi connectivity index (χ2n) is 7.47. The van der Waals surface area contributed by atoms with E-state index in [1.807, 2.05) is 38.6 Å². The molecule has 0 amide bonds. The fourth-order valence-electron chi connectivity index (χ4n) is 3.09. The second kappa shape index (κ2) is 4.82. The van der Waals surface area contributed by atoms with E-state index in [9.17, 15) is 0 Å². The highest BCUT2D eigenvalue weighted by molar-refractivity contribution is 6.62. The molecule has 2 N–H and O–H groups in total. The molecule has 3 rings (SSSR count). The third-order valence-electron chi connectivity index (χ3n) is 5.43. The maximum Gasteiger partial charge on any atom is 0.498 e. The second-order valence-corrected chi connectivity index (χ2v) is 7.47. The molecule has 2 fully saturated rings. The van der Waals surface area contributed by atoms with Gasteiger partial charge in [-0.05, 0) is 40.5 Å². The molecule has 22 heavy (non-hydrogen) atoms. The monoisotopic (exact) mass is 302 g/mol. The van der Waals surface area contributed by atoms with Crippen molar-refractivity contribution in [3.05, 3.63) is 12.4 Å². The lowest BCUT2D eigenvalue weighted by atomic mass is 9.69. The summed E-state index contributed by atoms with van der Waals surface area (Å²) in [5, 5.41) is 13.5. The topological polar surface area (TPSA) is 86.1 Å². The van der Waals surface area contributed by atoms with Crippen molar-refractivity contribution < 1.29 is 9.31 Å². The van der Waals surface area contributed by atoms with E-state index in [1.165, 1.54) is 0 Å². The van der Waals surface area contributed by atoms with Crippen molar-refractivity contribution in [1.82, 2.24) is 9.78 Å². The predicted molar refractivity (Wildman–Crippen MR) is 83.3 cm³/mol. The van der Waals surface area contributed by atoms with Gasteiger partial charge in [-0.15, -0.1) is 0 Å². The van der Waals surface area contributed by atoms with E-state index >= 15 is 0 Å². The highest BCUT2D eigenvalue weighted by Crippen LogP contribution is 2.42. The molecule has 1 aromatic rings. The van der Waals surface area contributed by atoms with Crippen molar-refractivity contribution in [3.63, 3.8) is 0 Å². The van der Waals surface area contributed by atoms with Crippen LogP contribution in [-0.4, -0.2) is 34.6 Å². The van der Waals surface area contributed by atoms with Crippen molar-refractivity contribution in [2.45, 2.75) is 57.3 Å². The van der Waals surface area contributed by atoms with Crippen molar-refractivity contribution in [2.75, 3.05) is 6.54 Å². The van der Waals surface area contributed by atoms with Crippen molar-refractivity contribution in [3.8, 4) is 6.07 Å². The van der Waals surface area contributed by atoms with Gasteiger partial charge in [-0.1, -0.05) is 0 Å². The van der Waals surface area contributed by atoms with E-state index < -0.39 is 7.12 Å². The summed E-state index contributed by atoms with van der Waals surface area (Å²) in [5.41, 5.74) is 5.86. The summed E-state index contributed by atoms with van der Waals surface area (Å²) in [4.78, 5) is 0. The van der Waals surface area contributed by atoms with Crippen LogP contribution in [0.2, 0.25) is 0 Å². The summed E-state index contributed by atoms with van der Waals surface area (Å²) in [6.07, 6.45) is 5.23. The molecule has 1 saturated heterocycles. The van der Waals surface area contributed by atoms with Gasteiger partial charge in [0.15, 0.2) is 0 Å². The third-order valence-corrected chi connectivity index (χ3v) is 5.43. The van der Waals surface area contributed by atoms with Gasteiger partial charge < -0.3 is 15.0 Å². The molecular weight excluding hydrogens is 279 g/mol. The van der Waals surface area contributed by atoms with Gasteiger partial charge >= 0.3 is 7.12 Å². The fourth-order valence-corrected chi connectivity index (χ4v) is 3.09. The van der Waals surface area contributed by atoms with Gasteiger partial charge in [-0.2, -0.15) is 10.4 Å². The van der Waals surface area contributed by atoms with Crippen LogP contribution >= 0.6 is 0 Å². The lowest BCUT2D eigenvalue weighted by molar-refractivity contribution is 0.00578. The number of hydrogen-bond acceptors (Lipinski definition) is 5. The summed E-state index contributed by atoms with van der Waals surface area (Å²) in [5.74, 6) is 0.0769. The van der Waals surface area contributed by atoms with Crippen molar-refractivity contribution >= 4 is 12.6 Å². The predicted octanol–water partition coefficient (Wildman–Crippen LogP) is 0.770. The van der Waals surface area contributed by atoms with Crippen LogP contribution in [0, 0.1) is 17.2 Å². The molecular formula is C15H23BN4O2. The smallest absolute Gasteiger partial charge is 0.399 e. The summed E-state index contributed by atoms with van der Waals surface area (Å²) in [7, 11) is -0.416. The summed E-state index contributed by atoms with van der Waals surface area (Å²) >= 11 is 0. The van der Waals surface area contributed by atoms with Crippen LogP contribution in [0.25, 0.3) is 0 Å². The minimum atomic E-state index is -0.416. The third kappa shape index (κ3) is 2.18. The maximum absolute atomic E-state index is 8.99. The van der Waals surface area contributed by atoms with E-state index in [4.69, 9.17) is 20.3 Å². The van der Waals surface area contributed by atoms with Crippen LogP contribution in [-0.2, 0) is 14.8 Å². The first kappa shape index (κ1) is 15.5. The van der Waals surface area contributed by atoms with Gasteiger partial charge in [-0.3, -0.25) is 4.68 Å². The Morgan fingerprint density at radius 2 is 1.95 bits per heavy atom. The Morgan fingerprint density at radius 3 is 2.45 bits per heavy atom. The SMILES string of the molecule is CC1(C)OB(c2cnn([C@]3(CN)C[C@@H](C#N)C3)c2)OC1(C)C. The van der Waals surface area contributed by atoms with Crippen molar-refractivity contribution in [1.29, 1.82) is 5.26 Å². The largest absolute Gasteiger partial charge is 0.498 e. The molecule has 0 spiro atoms. The van der Waals surface area contributed by atoms with Crippen LogP contribution in [0.1, 0.15) is 40.5 Å². The Morgan fingerprint density at radius 1 is 1.36 bits per heavy atom. The molecule has 2 heterocycles. The van der Waals surface area contributed by atoms with E-state index in [-0.39, 0.29) is 22.7 Å². The average molecular weight is 302 g/mol. The molecule has 1 aliphatic heterocycles. The van der Waals surface area contributed by atoms with Crippen LogP contribution < -0.4 is 11.2 Å². The van der Waals surface area contributed by atoms with E-state index in [0.717, 1.165) is 18.3 Å². The van der Waals surface area contributed by atoms with Crippen LogP contribution in [0.4, 0.5) is 0 Å². The first-order valence-electron chi connectivity index (χ1n) is 7.73. The Bertz CT molecular complexity index is 597. The average Bonchev–Trinajstić information content (AvgIpc) is 2.94. The first-order chi connectivity index (χ1) is 10.2. The summed E-state index contributed by atoms with van der Waals surface area (Å²) < 4.78 is 14.0.